The molecule has 4 aromatic rings. The summed E-state index contributed by atoms with van der Waals surface area (Å²) in [5, 5.41) is 14.4. The van der Waals surface area contributed by atoms with Gasteiger partial charge in [0.05, 0.1) is 33.1 Å². The minimum Gasteiger partial charge on any atom is -0.443 e. The molecule has 0 unspecified atom stereocenters. The topological polar surface area (TPSA) is 90.5 Å². The van der Waals surface area contributed by atoms with Gasteiger partial charge in [0.2, 0.25) is 0 Å². The second-order valence-electron chi connectivity index (χ2n) is 8.67. The number of carbonyl (C=O) groups is 1. The van der Waals surface area contributed by atoms with Crippen LogP contribution in [0.4, 0.5) is 16.2 Å². The minimum atomic E-state index is -0.603. The van der Waals surface area contributed by atoms with E-state index in [1.807, 2.05) is 55.1 Å². The van der Waals surface area contributed by atoms with Crippen LogP contribution < -0.4 is 4.90 Å². The molecule has 0 saturated carbocycles. The van der Waals surface area contributed by atoms with Gasteiger partial charge in [-0.2, -0.15) is 0 Å². The molecule has 4 rings (SSSR count). The van der Waals surface area contributed by atoms with Gasteiger partial charge in [0, 0.05) is 40.7 Å². The normalized spacial score (nSPS) is 11.5. The minimum absolute atomic E-state index is 0.0641. The number of rotatable bonds is 6. The highest BCUT2D eigenvalue weighted by molar-refractivity contribution is 7.99. The van der Waals surface area contributed by atoms with E-state index in [-0.39, 0.29) is 10.6 Å². The lowest BCUT2D eigenvalue weighted by molar-refractivity contribution is -0.387. The summed E-state index contributed by atoms with van der Waals surface area (Å²) in [6.45, 7) is 6.02. The first-order valence-corrected chi connectivity index (χ1v) is 12.3. The molecule has 0 radical (unpaired) electrons. The van der Waals surface area contributed by atoms with Crippen LogP contribution in [0.5, 0.6) is 0 Å². The molecule has 8 nitrogen and oxygen atoms in total. The summed E-state index contributed by atoms with van der Waals surface area (Å²) in [7, 11) is 1.67. The van der Waals surface area contributed by atoms with Gasteiger partial charge in [-0.25, -0.2) is 9.78 Å². The number of carbonyl (C=O) groups excluding carboxylic acids is 1. The summed E-state index contributed by atoms with van der Waals surface area (Å²) in [6, 6.07) is 12.4. The molecule has 2 aromatic carbocycles. The van der Waals surface area contributed by atoms with Crippen molar-refractivity contribution in [1.82, 2.24) is 9.55 Å². The van der Waals surface area contributed by atoms with Crippen molar-refractivity contribution in [3.8, 4) is 0 Å². The highest BCUT2D eigenvalue weighted by Crippen LogP contribution is 2.40. The molecule has 0 aliphatic heterocycles. The van der Waals surface area contributed by atoms with Crippen LogP contribution in [-0.4, -0.2) is 33.2 Å². The lowest BCUT2D eigenvalue weighted by atomic mass is 10.2. The molecule has 0 N–H and O–H groups in total. The van der Waals surface area contributed by atoms with Gasteiger partial charge in [-0.15, -0.1) is 11.3 Å². The largest absolute Gasteiger partial charge is 0.443 e. The van der Waals surface area contributed by atoms with E-state index in [0.717, 1.165) is 21.5 Å². The lowest BCUT2D eigenvalue weighted by Crippen LogP contribution is -2.34. The number of nitrogens with zero attached hydrogens (tertiary/aromatic N) is 4. The molecule has 2 aromatic heterocycles. The number of amides is 1. The molecule has 0 fully saturated rings. The van der Waals surface area contributed by atoms with Crippen molar-refractivity contribution >= 4 is 51.5 Å². The third kappa shape index (κ3) is 5.23. The Bertz CT molecular complexity index is 1340. The summed E-state index contributed by atoms with van der Waals surface area (Å²) in [5.41, 5.74) is 3.73. The SMILES string of the molecule is CN(C(=O)OC(C)(C)C)c1ccc2c(Sc3ccccc3[N+](=O)[O-])cn(Cc3cscn3)c2c1. The Hall–Kier alpha value is -3.37. The van der Waals surface area contributed by atoms with Crippen molar-refractivity contribution in [2.24, 2.45) is 0 Å². The van der Waals surface area contributed by atoms with Crippen LogP contribution in [0.1, 0.15) is 26.5 Å². The number of para-hydroxylation sites is 1. The first-order valence-electron chi connectivity index (χ1n) is 10.5. The van der Waals surface area contributed by atoms with Gasteiger partial charge in [-0.05, 0) is 45.0 Å². The predicted octanol–water partition coefficient (Wildman–Crippen LogP) is 6.58. The standard InChI is InChI=1S/C24H24N4O4S2/c1-24(2,3)32-23(29)26(4)17-9-10-18-20(11-17)27(12-16-14-33-15-25-16)13-22(18)34-21-8-6-5-7-19(21)28(30)31/h5-11,13-15H,12H2,1-4H3. The molecule has 0 bridgehead atoms. The van der Waals surface area contributed by atoms with E-state index >= 15 is 0 Å². The molecule has 0 atom stereocenters. The number of benzene rings is 2. The highest BCUT2D eigenvalue weighted by Gasteiger charge is 2.22. The number of hydrogen-bond acceptors (Lipinski definition) is 7. The molecule has 0 spiro atoms. The Morgan fingerprint density at radius 2 is 2.00 bits per heavy atom. The maximum atomic E-state index is 12.6. The van der Waals surface area contributed by atoms with Crippen molar-refractivity contribution in [1.29, 1.82) is 0 Å². The van der Waals surface area contributed by atoms with E-state index in [9.17, 15) is 14.9 Å². The number of nitro benzene ring substituents is 1. The molecule has 176 valence electrons. The zero-order valence-electron chi connectivity index (χ0n) is 19.2. The molecule has 1 amide bonds. The monoisotopic (exact) mass is 496 g/mol. The summed E-state index contributed by atoms with van der Waals surface area (Å²) in [5.74, 6) is 0. The lowest BCUT2D eigenvalue weighted by Gasteiger charge is -2.24. The Labute approximate surface area is 205 Å². The third-order valence-corrected chi connectivity index (χ3v) is 6.73. The van der Waals surface area contributed by atoms with Crippen molar-refractivity contribution < 1.29 is 14.5 Å². The van der Waals surface area contributed by atoms with Crippen LogP contribution in [0.3, 0.4) is 0 Å². The fourth-order valence-electron chi connectivity index (χ4n) is 3.41. The van der Waals surface area contributed by atoms with Gasteiger partial charge in [0.25, 0.3) is 5.69 Å². The van der Waals surface area contributed by atoms with E-state index in [0.29, 0.717) is 17.1 Å². The van der Waals surface area contributed by atoms with Crippen molar-refractivity contribution in [3.05, 3.63) is 75.4 Å². The molecule has 0 aliphatic rings. The Morgan fingerprint density at radius 1 is 1.24 bits per heavy atom. The van der Waals surface area contributed by atoms with Gasteiger partial charge in [0.15, 0.2) is 0 Å². The van der Waals surface area contributed by atoms with E-state index in [1.165, 1.54) is 34.1 Å². The van der Waals surface area contributed by atoms with Crippen LogP contribution in [0.2, 0.25) is 0 Å². The second kappa shape index (κ2) is 9.47. The van der Waals surface area contributed by atoms with E-state index in [4.69, 9.17) is 4.74 Å². The fraction of sp³-hybridized carbons (Fsp3) is 0.250. The highest BCUT2D eigenvalue weighted by atomic mass is 32.2. The van der Waals surface area contributed by atoms with Crippen molar-refractivity contribution in [3.63, 3.8) is 0 Å². The summed E-state index contributed by atoms with van der Waals surface area (Å²) < 4.78 is 7.55. The van der Waals surface area contributed by atoms with Gasteiger partial charge in [0.1, 0.15) is 5.60 Å². The Kier molecular flexibility index (Phi) is 6.63. The number of nitro groups is 1. The zero-order chi connectivity index (χ0) is 24.5. The van der Waals surface area contributed by atoms with Gasteiger partial charge < -0.3 is 9.30 Å². The Balaban J connectivity index is 1.76. The van der Waals surface area contributed by atoms with Crippen LogP contribution in [-0.2, 0) is 11.3 Å². The molecular weight excluding hydrogens is 472 g/mol. The van der Waals surface area contributed by atoms with E-state index in [1.54, 1.807) is 30.8 Å². The van der Waals surface area contributed by atoms with Crippen LogP contribution in [0.15, 0.2) is 69.3 Å². The molecule has 0 aliphatic carbocycles. The summed E-state index contributed by atoms with van der Waals surface area (Å²) >= 11 is 2.87. The first kappa shape index (κ1) is 23.8. The smallest absolute Gasteiger partial charge is 0.414 e. The number of fused-ring (bicyclic) bond motifs is 1. The maximum absolute atomic E-state index is 12.6. The Morgan fingerprint density at radius 3 is 2.68 bits per heavy atom. The maximum Gasteiger partial charge on any atom is 0.414 e. The molecular formula is C24H24N4O4S2. The van der Waals surface area contributed by atoms with E-state index in [2.05, 4.69) is 4.98 Å². The van der Waals surface area contributed by atoms with Gasteiger partial charge in [-0.3, -0.25) is 15.0 Å². The quantitative estimate of drug-likeness (QED) is 0.221. The number of hydrogen-bond donors (Lipinski definition) is 0. The van der Waals surface area contributed by atoms with Crippen LogP contribution >= 0.6 is 23.1 Å². The molecule has 0 saturated heterocycles. The number of ether oxygens (including phenoxy) is 1. The zero-order valence-corrected chi connectivity index (χ0v) is 20.9. The van der Waals surface area contributed by atoms with Gasteiger partial charge in [-0.1, -0.05) is 23.9 Å². The second-order valence-corrected chi connectivity index (χ2v) is 10.5. The summed E-state index contributed by atoms with van der Waals surface area (Å²) in [6.07, 6.45) is 1.53. The van der Waals surface area contributed by atoms with Gasteiger partial charge >= 0.3 is 6.09 Å². The predicted molar refractivity (Wildman–Crippen MR) is 135 cm³/mol. The number of thiazole rings is 1. The third-order valence-electron chi connectivity index (χ3n) is 4.98. The summed E-state index contributed by atoms with van der Waals surface area (Å²) in [4.78, 5) is 31.0. The van der Waals surface area contributed by atoms with Crippen LogP contribution in [0, 0.1) is 10.1 Å². The molecule has 2 heterocycles. The number of aromatic nitrogens is 2. The first-order chi connectivity index (χ1) is 16.1. The van der Waals surface area contributed by atoms with Crippen molar-refractivity contribution in [2.45, 2.75) is 42.7 Å². The van der Waals surface area contributed by atoms with E-state index < -0.39 is 11.7 Å². The molecule has 34 heavy (non-hydrogen) atoms. The van der Waals surface area contributed by atoms with Crippen LogP contribution in [0.25, 0.3) is 10.9 Å². The molecule has 10 heteroatoms. The average Bonchev–Trinajstić information content (AvgIpc) is 3.40. The average molecular weight is 497 g/mol. The fourth-order valence-corrected chi connectivity index (χ4v) is 5.05. The van der Waals surface area contributed by atoms with Crippen molar-refractivity contribution in [2.75, 3.05) is 11.9 Å². The number of anilines is 1.